The van der Waals surface area contributed by atoms with Crippen molar-refractivity contribution in [3.05, 3.63) is 46.5 Å². The van der Waals surface area contributed by atoms with Gasteiger partial charge >= 0.3 is 0 Å². The maximum atomic E-state index is 13.3. The molecule has 0 aliphatic carbocycles. The second-order valence-electron chi connectivity index (χ2n) is 8.02. The van der Waals surface area contributed by atoms with Crippen LogP contribution in [0.5, 0.6) is 23.0 Å². The number of nitrogens with one attached hydrogen (secondary N) is 1. The van der Waals surface area contributed by atoms with E-state index in [4.69, 9.17) is 18.9 Å². The molecule has 5 rings (SSSR count). The first-order valence-electron chi connectivity index (χ1n) is 10.1. The van der Waals surface area contributed by atoms with E-state index in [1.165, 1.54) is 11.1 Å². The Kier molecular flexibility index (Phi) is 4.50. The monoisotopic (exact) mass is 410 g/mol. The Morgan fingerprint density at radius 3 is 2.00 bits per heavy atom. The first kappa shape index (κ1) is 19.1. The lowest BCUT2D eigenvalue weighted by Gasteiger charge is -2.51. The number of amides is 1. The Bertz CT molecular complexity index is 1020. The topological polar surface area (TPSA) is 69.3 Å². The van der Waals surface area contributed by atoms with Crippen LogP contribution in [0.15, 0.2) is 24.3 Å². The Morgan fingerprint density at radius 1 is 0.800 bits per heavy atom. The molecule has 1 saturated heterocycles. The van der Waals surface area contributed by atoms with Crippen molar-refractivity contribution < 1.29 is 23.7 Å². The molecule has 3 aliphatic heterocycles. The van der Waals surface area contributed by atoms with Crippen LogP contribution in [0.1, 0.15) is 28.3 Å². The van der Waals surface area contributed by atoms with Crippen LogP contribution in [0, 0.1) is 0 Å². The molecule has 2 aromatic carbocycles. The number of piperazine rings is 1. The third-order valence-corrected chi connectivity index (χ3v) is 6.63. The molecule has 0 spiro atoms. The molecule has 1 fully saturated rings. The summed E-state index contributed by atoms with van der Waals surface area (Å²) >= 11 is 0. The molecule has 30 heavy (non-hydrogen) atoms. The molecule has 1 amide bonds. The molecule has 0 saturated carbocycles. The normalized spacial score (nSPS) is 23.8. The summed E-state index contributed by atoms with van der Waals surface area (Å²) in [5.74, 6) is 2.97. The van der Waals surface area contributed by atoms with Gasteiger partial charge in [0.2, 0.25) is 5.91 Å². The number of carbonyl (C=O) groups is 1. The van der Waals surface area contributed by atoms with Gasteiger partial charge in [0.1, 0.15) is 0 Å². The molecule has 2 aromatic rings. The standard InChI is InChI=1S/C23H26N2O5/c1-27-18-7-12-6-17-22-15-10-21(30-4)19(28-2)8-13(15)5-16(24-22)23(26)25(17)11-14(12)9-20(18)29-3/h7-10,16-17,22,24H,5-6,11H2,1-4H3/t16-,17-,22+/m0/s1. The number of fused-ring (bicyclic) bond motifs is 7. The lowest BCUT2D eigenvalue weighted by Crippen LogP contribution is -2.65. The van der Waals surface area contributed by atoms with Crippen molar-refractivity contribution >= 4 is 5.91 Å². The molecule has 3 aliphatic rings. The fraction of sp³-hybridized carbons (Fsp3) is 0.435. The van der Waals surface area contributed by atoms with Crippen molar-refractivity contribution in [3.8, 4) is 23.0 Å². The lowest BCUT2D eigenvalue weighted by atomic mass is 9.78. The molecule has 7 nitrogen and oxygen atoms in total. The maximum absolute atomic E-state index is 13.3. The Labute approximate surface area is 175 Å². The Balaban J connectivity index is 1.58. The first-order chi connectivity index (χ1) is 14.6. The number of carbonyl (C=O) groups excluding carboxylic acids is 1. The van der Waals surface area contributed by atoms with E-state index in [0.29, 0.717) is 36.0 Å². The summed E-state index contributed by atoms with van der Waals surface area (Å²) in [7, 11) is 6.57. The van der Waals surface area contributed by atoms with Gasteiger partial charge in [-0.15, -0.1) is 0 Å². The summed E-state index contributed by atoms with van der Waals surface area (Å²) < 4.78 is 22.0. The van der Waals surface area contributed by atoms with E-state index in [1.807, 2.05) is 23.1 Å². The van der Waals surface area contributed by atoms with Crippen molar-refractivity contribution in [2.75, 3.05) is 28.4 Å². The van der Waals surface area contributed by atoms with Gasteiger partial charge in [0, 0.05) is 6.54 Å². The van der Waals surface area contributed by atoms with Crippen LogP contribution in [0.3, 0.4) is 0 Å². The number of ether oxygens (including phenoxy) is 4. The molecule has 1 N–H and O–H groups in total. The van der Waals surface area contributed by atoms with Crippen LogP contribution in [0.4, 0.5) is 0 Å². The number of hydrogen-bond donors (Lipinski definition) is 1. The SMILES string of the molecule is COc1cc2c(cc1OC)CN1C(=O)[C@@H]3Cc4cc(OC)c(OC)cc4[C@@H](N3)[C@@H]1C2. The molecule has 158 valence electrons. The van der Waals surface area contributed by atoms with Gasteiger partial charge in [0.05, 0.1) is 46.6 Å². The number of nitrogens with zero attached hydrogens (tertiary/aromatic N) is 1. The largest absolute Gasteiger partial charge is 0.493 e. The van der Waals surface area contributed by atoms with Gasteiger partial charge in [0.15, 0.2) is 23.0 Å². The minimum Gasteiger partial charge on any atom is -0.493 e. The fourth-order valence-corrected chi connectivity index (χ4v) is 5.14. The predicted octanol–water partition coefficient (Wildman–Crippen LogP) is 2.24. The summed E-state index contributed by atoms with van der Waals surface area (Å²) in [6.07, 6.45) is 1.40. The van der Waals surface area contributed by atoms with E-state index in [0.717, 1.165) is 17.5 Å². The second-order valence-corrected chi connectivity index (χ2v) is 8.02. The first-order valence-corrected chi connectivity index (χ1v) is 10.1. The van der Waals surface area contributed by atoms with Crippen LogP contribution in [-0.4, -0.2) is 51.3 Å². The van der Waals surface area contributed by atoms with Crippen molar-refractivity contribution in [3.63, 3.8) is 0 Å². The number of hydrogen-bond acceptors (Lipinski definition) is 6. The fourth-order valence-electron chi connectivity index (χ4n) is 5.14. The lowest BCUT2D eigenvalue weighted by molar-refractivity contribution is -0.143. The van der Waals surface area contributed by atoms with E-state index in [1.54, 1.807) is 28.4 Å². The van der Waals surface area contributed by atoms with E-state index >= 15 is 0 Å². The maximum Gasteiger partial charge on any atom is 0.240 e. The summed E-state index contributed by atoms with van der Waals surface area (Å²) in [5.41, 5.74) is 4.63. The summed E-state index contributed by atoms with van der Waals surface area (Å²) in [5, 5.41) is 3.59. The quantitative estimate of drug-likeness (QED) is 0.834. The highest BCUT2D eigenvalue weighted by molar-refractivity contribution is 5.85. The van der Waals surface area contributed by atoms with Gasteiger partial charge in [-0.05, 0) is 59.4 Å². The van der Waals surface area contributed by atoms with Crippen LogP contribution < -0.4 is 24.3 Å². The van der Waals surface area contributed by atoms with Gasteiger partial charge < -0.3 is 23.8 Å². The molecule has 7 heteroatoms. The molecule has 2 bridgehead atoms. The number of rotatable bonds is 4. The average Bonchev–Trinajstić information content (AvgIpc) is 2.79. The Morgan fingerprint density at radius 2 is 1.37 bits per heavy atom. The Hall–Kier alpha value is -2.93. The van der Waals surface area contributed by atoms with Gasteiger partial charge in [0.25, 0.3) is 0 Å². The number of methoxy groups -OCH3 is 4. The van der Waals surface area contributed by atoms with Crippen molar-refractivity contribution in [1.29, 1.82) is 0 Å². The zero-order valence-corrected chi connectivity index (χ0v) is 17.7. The minimum atomic E-state index is -0.224. The third kappa shape index (κ3) is 2.72. The molecule has 0 radical (unpaired) electrons. The van der Waals surface area contributed by atoms with Crippen molar-refractivity contribution in [1.82, 2.24) is 10.2 Å². The highest BCUT2D eigenvalue weighted by atomic mass is 16.5. The zero-order chi connectivity index (χ0) is 21.0. The third-order valence-electron chi connectivity index (χ3n) is 6.63. The summed E-state index contributed by atoms with van der Waals surface area (Å²) in [6.45, 7) is 0.580. The minimum absolute atomic E-state index is 0.0245. The van der Waals surface area contributed by atoms with Gasteiger partial charge in [-0.3, -0.25) is 10.1 Å². The molecule has 3 heterocycles. The number of benzene rings is 2. The smallest absolute Gasteiger partial charge is 0.240 e. The molecule has 0 aromatic heterocycles. The molecular weight excluding hydrogens is 384 g/mol. The average molecular weight is 410 g/mol. The second kappa shape index (κ2) is 7.09. The molecular formula is C23H26N2O5. The van der Waals surface area contributed by atoms with Crippen LogP contribution in [0.25, 0.3) is 0 Å². The van der Waals surface area contributed by atoms with Gasteiger partial charge in [-0.1, -0.05) is 0 Å². The molecule has 3 atom stereocenters. The van der Waals surface area contributed by atoms with Gasteiger partial charge in [-0.25, -0.2) is 0 Å². The van der Waals surface area contributed by atoms with Gasteiger partial charge in [-0.2, -0.15) is 0 Å². The highest BCUT2D eigenvalue weighted by Gasteiger charge is 2.47. The van der Waals surface area contributed by atoms with Crippen molar-refractivity contribution in [2.45, 2.75) is 37.5 Å². The zero-order valence-electron chi connectivity index (χ0n) is 17.7. The summed E-state index contributed by atoms with van der Waals surface area (Å²) in [4.78, 5) is 15.3. The van der Waals surface area contributed by atoms with E-state index in [9.17, 15) is 4.79 Å². The van der Waals surface area contributed by atoms with Crippen LogP contribution in [0.2, 0.25) is 0 Å². The van der Waals surface area contributed by atoms with Crippen LogP contribution in [-0.2, 0) is 24.2 Å². The van der Waals surface area contributed by atoms with E-state index in [-0.39, 0.29) is 24.0 Å². The molecule has 0 unspecified atom stereocenters. The predicted molar refractivity (Wildman–Crippen MR) is 111 cm³/mol. The van der Waals surface area contributed by atoms with E-state index < -0.39 is 0 Å². The summed E-state index contributed by atoms with van der Waals surface area (Å²) in [6, 6.07) is 7.95. The van der Waals surface area contributed by atoms with E-state index in [2.05, 4.69) is 11.4 Å². The van der Waals surface area contributed by atoms with Crippen LogP contribution >= 0.6 is 0 Å². The highest BCUT2D eigenvalue weighted by Crippen LogP contribution is 2.44. The van der Waals surface area contributed by atoms with Crippen molar-refractivity contribution in [2.24, 2.45) is 0 Å².